The van der Waals surface area contributed by atoms with Crippen LogP contribution in [0.4, 0.5) is 0 Å². The van der Waals surface area contributed by atoms with Crippen LogP contribution in [0.2, 0.25) is 0 Å². The maximum absolute atomic E-state index is 12.9. The van der Waals surface area contributed by atoms with E-state index in [0.29, 0.717) is 32.0 Å². The number of pyridine rings is 1. The molecule has 1 aromatic rings. The highest BCUT2D eigenvalue weighted by Crippen LogP contribution is 2.29. The van der Waals surface area contributed by atoms with Crippen LogP contribution in [0.15, 0.2) is 12.3 Å². The molecule has 1 saturated heterocycles. The summed E-state index contributed by atoms with van der Waals surface area (Å²) >= 11 is 0. The van der Waals surface area contributed by atoms with E-state index in [-0.39, 0.29) is 29.2 Å². The first kappa shape index (κ1) is 25.9. The smallest absolute Gasteiger partial charge is 0.329 e. The summed E-state index contributed by atoms with van der Waals surface area (Å²) in [6.07, 6.45) is 3.32. The number of carbonyl (C=O) groups is 2. The molecule has 9 nitrogen and oxygen atoms in total. The molecule has 32 heavy (non-hydrogen) atoms. The van der Waals surface area contributed by atoms with Crippen molar-refractivity contribution in [3.8, 4) is 11.5 Å². The van der Waals surface area contributed by atoms with Crippen molar-refractivity contribution < 1.29 is 33.6 Å². The average Bonchev–Trinajstić information content (AvgIpc) is 2.80. The number of carbonyl (C=O) groups excluding carboxylic acids is 2. The molecule has 0 bridgehead atoms. The molecule has 1 aliphatic rings. The Morgan fingerprint density at radius 3 is 2.75 bits per heavy atom. The van der Waals surface area contributed by atoms with Crippen LogP contribution in [0.5, 0.6) is 11.5 Å². The molecular formula is C23H36N2O7. The van der Waals surface area contributed by atoms with Crippen molar-refractivity contribution in [2.24, 2.45) is 11.8 Å². The van der Waals surface area contributed by atoms with Crippen molar-refractivity contribution in [1.82, 2.24) is 10.3 Å². The van der Waals surface area contributed by atoms with Gasteiger partial charge in [0, 0.05) is 32.6 Å². The average molecular weight is 453 g/mol. The van der Waals surface area contributed by atoms with Gasteiger partial charge in [-0.2, -0.15) is 0 Å². The summed E-state index contributed by atoms with van der Waals surface area (Å²) in [5.41, 5.74) is -0.207. The number of aromatic nitrogens is 1. The summed E-state index contributed by atoms with van der Waals surface area (Å²) in [5, 5.41) is 12.9. The number of esters is 1. The minimum absolute atomic E-state index is 0.127. The Hall–Kier alpha value is -2.39. The van der Waals surface area contributed by atoms with E-state index in [0.717, 1.165) is 12.8 Å². The van der Waals surface area contributed by atoms with Crippen LogP contribution < -0.4 is 10.1 Å². The Labute approximate surface area is 189 Å². The zero-order valence-corrected chi connectivity index (χ0v) is 19.6. The first-order chi connectivity index (χ1) is 15.3. The summed E-state index contributed by atoms with van der Waals surface area (Å²) < 4.78 is 22.2. The van der Waals surface area contributed by atoms with E-state index >= 15 is 0 Å². The lowest BCUT2D eigenvalue weighted by atomic mass is 9.89. The molecule has 0 saturated carbocycles. The molecular weight excluding hydrogens is 416 g/mol. The number of cyclic esters (lactones) is 1. The summed E-state index contributed by atoms with van der Waals surface area (Å²) in [6, 6.07) is 0.587. The second-order valence-electron chi connectivity index (χ2n) is 8.54. The SMILES string of the molecule is COCC[C@H]1CCC[C@H](NC(=O)c2nccc(OC)c2O)C(=O)O[C@@H](C)[C@@H]1OCC(C)C. The quantitative estimate of drug-likeness (QED) is 0.550. The number of methoxy groups -OCH3 is 2. The van der Waals surface area contributed by atoms with Gasteiger partial charge < -0.3 is 29.4 Å². The molecule has 4 atom stereocenters. The molecule has 0 spiro atoms. The normalized spacial score (nSPS) is 24.2. The third kappa shape index (κ3) is 7.06. The maximum atomic E-state index is 12.9. The Bertz CT molecular complexity index is 756. The van der Waals surface area contributed by atoms with Crippen molar-refractivity contribution in [3.05, 3.63) is 18.0 Å². The molecule has 0 aliphatic carbocycles. The predicted molar refractivity (Wildman–Crippen MR) is 118 cm³/mol. The summed E-state index contributed by atoms with van der Waals surface area (Å²) in [6.45, 7) is 7.13. The first-order valence-corrected chi connectivity index (χ1v) is 11.1. The number of ether oxygens (including phenoxy) is 4. The third-order valence-corrected chi connectivity index (χ3v) is 5.52. The highest BCUT2D eigenvalue weighted by atomic mass is 16.6. The number of nitrogens with zero attached hydrogens (tertiary/aromatic N) is 1. The second kappa shape index (κ2) is 12.6. The number of nitrogens with one attached hydrogen (secondary N) is 1. The van der Waals surface area contributed by atoms with Crippen LogP contribution in [0.1, 0.15) is 56.9 Å². The molecule has 0 aromatic carbocycles. The summed E-state index contributed by atoms with van der Waals surface area (Å²) in [7, 11) is 3.04. The van der Waals surface area contributed by atoms with Gasteiger partial charge >= 0.3 is 5.97 Å². The van der Waals surface area contributed by atoms with Crippen molar-refractivity contribution in [3.63, 3.8) is 0 Å². The number of rotatable bonds is 9. The molecule has 2 rings (SSSR count). The highest BCUT2D eigenvalue weighted by molar-refractivity contribution is 5.97. The molecule has 1 amide bonds. The Kier molecular flexibility index (Phi) is 10.2. The Balaban J connectivity index is 2.16. The van der Waals surface area contributed by atoms with Crippen LogP contribution in [0, 0.1) is 11.8 Å². The van der Waals surface area contributed by atoms with Gasteiger partial charge in [-0.3, -0.25) is 4.79 Å². The van der Waals surface area contributed by atoms with E-state index in [2.05, 4.69) is 24.1 Å². The van der Waals surface area contributed by atoms with Gasteiger partial charge in [-0.1, -0.05) is 20.3 Å². The monoisotopic (exact) mass is 452 g/mol. The lowest BCUT2D eigenvalue weighted by Gasteiger charge is -2.31. The molecule has 9 heteroatoms. The van der Waals surface area contributed by atoms with Crippen LogP contribution >= 0.6 is 0 Å². The molecule has 0 radical (unpaired) electrons. The molecule has 1 aromatic heterocycles. The van der Waals surface area contributed by atoms with E-state index < -0.39 is 24.0 Å². The van der Waals surface area contributed by atoms with Gasteiger partial charge in [-0.25, -0.2) is 9.78 Å². The van der Waals surface area contributed by atoms with Crippen LogP contribution in [0.25, 0.3) is 0 Å². The van der Waals surface area contributed by atoms with Gasteiger partial charge in [-0.05, 0) is 38.0 Å². The Morgan fingerprint density at radius 1 is 1.34 bits per heavy atom. The van der Waals surface area contributed by atoms with Crippen molar-refractivity contribution in [2.75, 3.05) is 27.4 Å². The number of hydrogen-bond donors (Lipinski definition) is 2. The maximum Gasteiger partial charge on any atom is 0.329 e. The van der Waals surface area contributed by atoms with Gasteiger partial charge in [0.2, 0.25) is 0 Å². The van der Waals surface area contributed by atoms with Crippen LogP contribution in [-0.2, 0) is 19.0 Å². The lowest BCUT2D eigenvalue weighted by molar-refractivity contribution is -0.161. The largest absolute Gasteiger partial charge is 0.503 e. The number of aromatic hydroxyl groups is 1. The van der Waals surface area contributed by atoms with E-state index in [1.54, 1.807) is 7.11 Å². The van der Waals surface area contributed by atoms with E-state index in [1.165, 1.54) is 19.4 Å². The molecule has 2 N–H and O–H groups in total. The second-order valence-corrected chi connectivity index (χ2v) is 8.54. The molecule has 1 fully saturated rings. The van der Waals surface area contributed by atoms with Gasteiger partial charge in [-0.15, -0.1) is 0 Å². The van der Waals surface area contributed by atoms with Crippen LogP contribution in [-0.4, -0.2) is 67.7 Å². The minimum atomic E-state index is -0.857. The number of hydrogen-bond acceptors (Lipinski definition) is 8. The standard InChI is InChI=1S/C23H36N2O7/c1-14(2)13-31-21-15(3)32-23(28)17(8-6-7-16(21)10-12-29-4)25-22(27)19-20(26)18(30-5)9-11-24-19/h9,11,14-17,21,26H,6-8,10,12-13H2,1-5H3,(H,25,27)/t15-,16+,17-,21-/m0/s1. The van der Waals surface area contributed by atoms with Crippen molar-refractivity contribution in [1.29, 1.82) is 0 Å². The topological polar surface area (TPSA) is 116 Å². The van der Waals surface area contributed by atoms with Gasteiger partial charge in [0.15, 0.2) is 17.2 Å². The van der Waals surface area contributed by atoms with Crippen molar-refractivity contribution >= 4 is 11.9 Å². The number of amides is 1. The van der Waals surface area contributed by atoms with Gasteiger partial charge in [0.25, 0.3) is 5.91 Å². The van der Waals surface area contributed by atoms with Gasteiger partial charge in [0.05, 0.1) is 13.2 Å². The Morgan fingerprint density at radius 2 is 2.09 bits per heavy atom. The van der Waals surface area contributed by atoms with E-state index in [9.17, 15) is 14.7 Å². The third-order valence-electron chi connectivity index (χ3n) is 5.52. The first-order valence-electron chi connectivity index (χ1n) is 11.1. The lowest BCUT2D eigenvalue weighted by Crippen LogP contribution is -2.44. The fourth-order valence-corrected chi connectivity index (χ4v) is 3.86. The molecule has 1 aliphatic heterocycles. The molecule has 0 unspecified atom stereocenters. The van der Waals surface area contributed by atoms with Crippen LogP contribution in [0.3, 0.4) is 0 Å². The minimum Gasteiger partial charge on any atom is -0.503 e. The highest BCUT2D eigenvalue weighted by Gasteiger charge is 2.35. The zero-order valence-electron chi connectivity index (χ0n) is 19.6. The fraction of sp³-hybridized carbons (Fsp3) is 0.696. The molecule has 180 valence electrons. The zero-order chi connectivity index (χ0) is 23.7. The summed E-state index contributed by atoms with van der Waals surface area (Å²) in [4.78, 5) is 29.5. The van der Waals surface area contributed by atoms with E-state index in [1.807, 2.05) is 6.92 Å². The summed E-state index contributed by atoms with van der Waals surface area (Å²) in [5.74, 6) is -0.933. The predicted octanol–water partition coefficient (Wildman–Crippen LogP) is 2.70. The van der Waals surface area contributed by atoms with Gasteiger partial charge in [0.1, 0.15) is 12.1 Å². The fourth-order valence-electron chi connectivity index (χ4n) is 3.86. The molecule has 2 heterocycles. The van der Waals surface area contributed by atoms with E-state index in [4.69, 9.17) is 18.9 Å². The van der Waals surface area contributed by atoms with Crippen molar-refractivity contribution in [2.45, 2.75) is 64.7 Å².